The van der Waals surface area contributed by atoms with Crippen molar-refractivity contribution < 1.29 is 19.5 Å². The zero-order valence-corrected chi connectivity index (χ0v) is 12.3. The Labute approximate surface area is 119 Å². The molecule has 0 aromatic heterocycles. The van der Waals surface area contributed by atoms with Crippen LogP contribution in [0.2, 0.25) is 0 Å². The molecule has 7 heteroatoms. The molecule has 116 valence electrons. The molecule has 0 aromatic carbocycles. The second-order valence-electron chi connectivity index (χ2n) is 6.10. The van der Waals surface area contributed by atoms with Crippen molar-refractivity contribution >= 4 is 17.8 Å². The van der Waals surface area contributed by atoms with E-state index < -0.39 is 29.7 Å². The topological polar surface area (TPSA) is 136 Å². The maximum atomic E-state index is 12.0. The number of carboxylic acid groups (broad SMARTS) is 1. The highest BCUT2D eigenvalue weighted by atomic mass is 16.4. The number of primary amides is 1. The van der Waals surface area contributed by atoms with Gasteiger partial charge in [-0.05, 0) is 18.3 Å². The molecule has 0 saturated heterocycles. The molecule has 1 unspecified atom stereocenters. The number of nitrogens with two attached hydrogens (primary N) is 2. The third-order valence-electron chi connectivity index (χ3n) is 2.81. The van der Waals surface area contributed by atoms with Crippen LogP contribution in [0.1, 0.15) is 40.0 Å². The fourth-order valence-corrected chi connectivity index (χ4v) is 1.86. The van der Waals surface area contributed by atoms with Crippen molar-refractivity contribution in [1.82, 2.24) is 5.32 Å². The molecule has 2 atom stereocenters. The minimum Gasteiger partial charge on any atom is -0.480 e. The van der Waals surface area contributed by atoms with Crippen molar-refractivity contribution in [1.29, 1.82) is 0 Å². The van der Waals surface area contributed by atoms with Crippen molar-refractivity contribution in [3.05, 3.63) is 0 Å². The number of nitrogens with one attached hydrogen (secondary N) is 1. The van der Waals surface area contributed by atoms with Crippen molar-refractivity contribution in [3.63, 3.8) is 0 Å². The van der Waals surface area contributed by atoms with Gasteiger partial charge < -0.3 is 21.9 Å². The molecule has 0 aromatic rings. The van der Waals surface area contributed by atoms with Crippen LogP contribution in [0.4, 0.5) is 0 Å². The quantitative estimate of drug-likeness (QED) is 0.491. The average molecular weight is 287 g/mol. The van der Waals surface area contributed by atoms with Crippen LogP contribution in [-0.4, -0.2) is 35.5 Å². The molecule has 0 spiro atoms. The molecule has 0 bridgehead atoms. The molecule has 2 amide bonds. The van der Waals surface area contributed by atoms with Gasteiger partial charge in [0.1, 0.15) is 6.04 Å². The first-order valence-electron chi connectivity index (χ1n) is 6.58. The van der Waals surface area contributed by atoms with E-state index in [4.69, 9.17) is 16.6 Å². The highest BCUT2D eigenvalue weighted by Gasteiger charge is 2.27. The molecule has 6 N–H and O–H groups in total. The van der Waals surface area contributed by atoms with Gasteiger partial charge in [0.15, 0.2) is 0 Å². The molecule has 0 saturated carbocycles. The highest BCUT2D eigenvalue weighted by Crippen LogP contribution is 2.24. The molecule has 0 fully saturated rings. The van der Waals surface area contributed by atoms with Crippen LogP contribution in [0, 0.1) is 11.3 Å². The van der Waals surface area contributed by atoms with Crippen molar-refractivity contribution in [3.8, 4) is 0 Å². The van der Waals surface area contributed by atoms with Crippen LogP contribution >= 0.6 is 0 Å². The number of aliphatic carboxylic acids is 1. The van der Waals surface area contributed by atoms with Gasteiger partial charge in [-0.3, -0.25) is 9.59 Å². The van der Waals surface area contributed by atoms with E-state index in [1.807, 2.05) is 20.8 Å². The first-order chi connectivity index (χ1) is 9.06. The minimum absolute atomic E-state index is 0.0246. The number of hydrogen-bond acceptors (Lipinski definition) is 4. The first kappa shape index (κ1) is 18.4. The maximum absolute atomic E-state index is 12.0. The molecule has 0 heterocycles. The first-order valence-corrected chi connectivity index (χ1v) is 6.58. The number of hydrogen-bond donors (Lipinski definition) is 4. The number of carbonyl (C=O) groups is 3. The van der Waals surface area contributed by atoms with E-state index in [9.17, 15) is 14.4 Å². The van der Waals surface area contributed by atoms with Gasteiger partial charge in [0.2, 0.25) is 11.8 Å². The minimum atomic E-state index is -1.19. The van der Waals surface area contributed by atoms with Crippen LogP contribution in [0.5, 0.6) is 0 Å². The summed E-state index contributed by atoms with van der Waals surface area (Å²) in [6.07, 6.45) is 0.435. The molecular formula is C13H25N3O4. The lowest BCUT2D eigenvalue weighted by Gasteiger charge is -2.25. The lowest BCUT2D eigenvalue weighted by Crippen LogP contribution is -2.46. The molecule has 0 rings (SSSR count). The van der Waals surface area contributed by atoms with Crippen LogP contribution < -0.4 is 16.8 Å². The van der Waals surface area contributed by atoms with Gasteiger partial charge in [-0.2, -0.15) is 0 Å². The van der Waals surface area contributed by atoms with Gasteiger partial charge in [0.05, 0.1) is 5.92 Å². The number of rotatable bonds is 8. The second-order valence-corrected chi connectivity index (χ2v) is 6.10. The summed E-state index contributed by atoms with van der Waals surface area (Å²) in [5, 5.41) is 11.4. The molecule has 0 aliphatic carbocycles. The Morgan fingerprint density at radius 3 is 2.15 bits per heavy atom. The van der Waals surface area contributed by atoms with Gasteiger partial charge in [0.25, 0.3) is 0 Å². The zero-order valence-electron chi connectivity index (χ0n) is 12.3. The Kier molecular flexibility index (Phi) is 7.20. The van der Waals surface area contributed by atoms with E-state index in [-0.39, 0.29) is 24.8 Å². The Morgan fingerprint density at radius 2 is 1.80 bits per heavy atom. The van der Waals surface area contributed by atoms with Gasteiger partial charge in [-0.25, -0.2) is 4.79 Å². The Hall–Kier alpha value is -1.63. The standard InChI is InChI=1S/C13H25N3O4/c1-13(2,3)6-8(7-14)11(18)16-9(12(19)20)4-5-10(15)17/h8-9H,4-7,14H2,1-3H3,(H2,15,17)(H,16,18)(H,19,20)/t8?,9-/m0/s1. The largest absolute Gasteiger partial charge is 0.480 e. The molecule has 0 aliphatic heterocycles. The van der Waals surface area contributed by atoms with Gasteiger partial charge in [-0.15, -0.1) is 0 Å². The monoisotopic (exact) mass is 287 g/mol. The normalized spacial score (nSPS) is 14.4. The van der Waals surface area contributed by atoms with E-state index in [1.54, 1.807) is 0 Å². The van der Waals surface area contributed by atoms with E-state index in [1.165, 1.54) is 0 Å². The van der Waals surface area contributed by atoms with Gasteiger partial charge in [0, 0.05) is 13.0 Å². The van der Waals surface area contributed by atoms with Crippen LogP contribution in [0.3, 0.4) is 0 Å². The second kappa shape index (κ2) is 7.84. The smallest absolute Gasteiger partial charge is 0.326 e. The van der Waals surface area contributed by atoms with Crippen molar-refractivity contribution in [2.45, 2.75) is 46.1 Å². The predicted octanol–water partition coefficient (Wildman–Crippen LogP) is -0.168. The Balaban J connectivity index is 4.64. The summed E-state index contributed by atoms with van der Waals surface area (Å²) in [4.78, 5) is 33.8. The van der Waals surface area contributed by atoms with E-state index in [0.29, 0.717) is 6.42 Å². The number of carboxylic acids is 1. The highest BCUT2D eigenvalue weighted by molar-refractivity contribution is 5.85. The zero-order chi connectivity index (χ0) is 15.9. The summed E-state index contributed by atoms with van der Waals surface area (Å²) in [6.45, 7) is 6.07. The molecule has 0 aliphatic rings. The molecule has 20 heavy (non-hydrogen) atoms. The SMILES string of the molecule is CC(C)(C)CC(CN)C(=O)N[C@@H](CCC(N)=O)C(=O)O. The third kappa shape index (κ3) is 7.73. The third-order valence-corrected chi connectivity index (χ3v) is 2.81. The van der Waals surface area contributed by atoms with Gasteiger partial charge >= 0.3 is 5.97 Å². The van der Waals surface area contributed by atoms with E-state index >= 15 is 0 Å². The average Bonchev–Trinajstić information content (AvgIpc) is 2.29. The summed E-state index contributed by atoms with van der Waals surface area (Å²) in [5.74, 6) is -2.65. The number of amides is 2. The van der Waals surface area contributed by atoms with Crippen molar-refractivity contribution in [2.24, 2.45) is 22.8 Å². The summed E-state index contributed by atoms with van der Waals surface area (Å²) in [6, 6.07) is -1.12. The summed E-state index contributed by atoms with van der Waals surface area (Å²) < 4.78 is 0. The van der Waals surface area contributed by atoms with Crippen molar-refractivity contribution in [2.75, 3.05) is 6.54 Å². The van der Waals surface area contributed by atoms with Gasteiger partial charge in [-0.1, -0.05) is 20.8 Å². The van der Waals surface area contributed by atoms with E-state index in [2.05, 4.69) is 5.32 Å². The molecule has 0 radical (unpaired) electrons. The maximum Gasteiger partial charge on any atom is 0.326 e. The summed E-state index contributed by atoms with van der Waals surface area (Å²) in [7, 11) is 0. The molecule has 7 nitrogen and oxygen atoms in total. The lowest BCUT2D eigenvalue weighted by atomic mass is 9.84. The summed E-state index contributed by atoms with van der Waals surface area (Å²) >= 11 is 0. The number of carbonyl (C=O) groups excluding carboxylic acids is 2. The van der Waals surface area contributed by atoms with Crippen LogP contribution in [0.15, 0.2) is 0 Å². The fourth-order valence-electron chi connectivity index (χ4n) is 1.86. The van der Waals surface area contributed by atoms with E-state index in [0.717, 1.165) is 0 Å². The van der Waals surface area contributed by atoms with Crippen LogP contribution in [0.25, 0.3) is 0 Å². The summed E-state index contributed by atoms with van der Waals surface area (Å²) in [5.41, 5.74) is 10.5. The van der Waals surface area contributed by atoms with Crippen LogP contribution in [-0.2, 0) is 14.4 Å². The predicted molar refractivity (Wildman–Crippen MR) is 74.6 cm³/mol. The lowest BCUT2D eigenvalue weighted by molar-refractivity contribution is -0.142. The fraction of sp³-hybridized carbons (Fsp3) is 0.769. The Bertz CT molecular complexity index is 363. The molecular weight excluding hydrogens is 262 g/mol. The Morgan fingerprint density at radius 1 is 1.25 bits per heavy atom.